The lowest BCUT2D eigenvalue weighted by Crippen LogP contribution is -2.08. The van der Waals surface area contributed by atoms with Crippen LogP contribution in [0.5, 0.6) is 23.0 Å². The van der Waals surface area contributed by atoms with Crippen molar-refractivity contribution in [1.29, 1.82) is 10.5 Å². The van der Waals surface area contributed by atoms with E-state index in [1.807, 2.05) is 36.4 Å². The average molecular weight is 671 g/mol. The van der Waals surface area contributed by atoms with Crippen LogP contribution < -0.4 is 18.9 Å². The molecule has 264 valence electrons. The van der Waals surface area contributed by atoms with E-state index in [0.717, 1.165) is 36.8 Å². The maximum atomic E-state index is 12.2. The van der Waals surface area contributed by atoms with Gasteiger partial charge in [-0.25, -0.2) is 0 Å². The lowest BCUT2D eigenvalue weighted by molar-refractivity contribution is -0.118. The standard InChI is InChI=1S/C41H54N2O6/c1-30(2)40(44)34(28-42)24-32-18-20-36(38(26-32)46-5)48-22-16-14-12-10-8-7-9-11-13-15-17-23-49-37-21-19-33(27-39(37)47-6)25-35(29-43)41(45)31(3)4/h18-21,24-27,30-31H,7-17,22-23H2,1-6H3. The van der Waals surface area contributed by atoms with Gasteiger partial charge in [-0.1, -0.05) is 97.6 Å². The first kappa shape index (κ1) is 40.6. The number of hydrogen-bond donors (Lipinski definition) is 0. The van der Waals surface area contributed by atoms with Crippen LogP contribution in [0.15, 0.2) is 47.5 Å². The Morgan fingerprint density at radius 1 is 0.571 bits per heavy atom. The summed E-state index contributed by atoms with van der Waals surface area (Å²) >= 11 is 0. The van der Waals surface area contributed by atoms with Crippen molar-refractivity contribution in [3.8, 4) is 35.1 Å². The van der Waals surface area contributed by atoms with Crippen LogP contribution in [0.3, 0.4) is 0 Å². The van der Waals surface area contributed by atoms with Crippen molar-refractivity contribution in [1.82, 2.24) is 0 Å². The molecule has 2 aromatic carbocycles. The second kappa shape index (κ2) is 22.9. The van der Waals surface area contributed by atoms with Crippen molar-refractivity contribution in [2.45, 2.75) is 98.3 Å². The lowest BCUT2D eigenvalue weighted by atomic mass is 10.00. The first-order valence-electron chi connectivity index (χ1n) is 17.6. The van der Waals surface area contributed by atoms with Gasteiger partial charge in [-0.2, -0.15) is 10.5 Å². The van der Waals surface area contributed by atoms with Crippen molar-refractivity contribution in [2.24, 2.45) is 11.8 Å². The van der Waals surface area contributed by atoms with Gasteiger partial charge < -0.3 is 18.9 Å². The van der Waals surface area contributed by atoms with Crippen LogP contribution in [0.4, 0.5) is 0 Å². The zero-order valence-corrected chi connectivity index (χ0v) is 30.3. The number of carbonyl (C=O) groups excluding carboxylic acids is 2. The van der Waals surface area contributed by atoms with E-state index in [9.17, 15) is 20.1 Å². The third kappa shape index (κ3) is 14.6. The van der Waals surface area contributed by atoms with Crippen LogP contribution in [-0.4, -0.2) is 39.0 Å². The molecule has 0 aliphatic heterocycles. The highest BCUT2D eigenvalue weighted by Gasteiger charge is 2.15. The molecule has 0 N–H and O–H groups in total. The average Bonchev–Trinajstić information content (AvgIpc) is 3.10. The number of rotatable bonds is 24. The van der Waals surface area contributed by atoms with Gasteiger partial charge in [0, 0.05) is 11.8 Å². The Morgan fingerprint density at radius 2 is 0.898 bits per heavy atom. The number of allylic oxidation sites excluding steroid dienone is 2. The maximum absolute atomic E-state index is 12.2. The summed E-state index contributed by atoms with van der Waals surface area (Å²) in [6.45, 7) is 8.35. The van der Waals surface area contributed by atoms with Crippen molar-refractivity contribution in [2.75, 3.05) is 27.4 Å². The van der Waals surface area contributed by atoms with Gasteiger partial charge in [-0.05, 0) is 60.4 Å². The van der Waals surface area contributed by atoms with Gasteiger partial charge >= 0.3 is 0 Å². The number of hydrogen-bond acceptors (Lipinski definition) is 8. The molecule has 0 heterocycles. The number of unbranched alkanes of at least 4 members (excludes halogenated alkanes) is 10. The summed E-state index contributed by atoms with van der Waals surface area (Å²) in [5.74, 6) is 1.68. The number of nitriles is 2. The molecule has 0 fully saturated rings. The number of carbonyl (C=O) groups is 2. The smallest absolute Gasteiger partial charge is 0.175 e. The van der Waals surface area contributed by atoms with Gasteiger partial charge in [0.2, 0.25) is 0 Å². The molecule has 0 bridgehead atoms. The fraction of sp³-hybridized carbons (Fsp3) is 0.512. The fourth-order valence-electron chi connectivity index (χ4n) is 5.22. The molecule has 0 amide bonds. The Bertz CT molecular complexity index is 1380. The summed E-state index contributed by atoms with van der Waals surface area (Å²) in [6.07, 6.45) is 16.0. The summed E-state index contributed by atoms with van der Waals surface area (Å²) in [6, 6.07) is 14.9. The van der Waals surface area contributed by atoms with Gasteiger partial charge in [-0.15, -0.1) is 0 Å². The van der Waals surface area contributed by atoms with Crippen molar-refractivity contribution < 1.29 is 28.5 Å². The second-order valence-corrected chi connectivity index (χ2v) is 12.8. The van der Waals surface area contributed by atoms with Crippen LogP contribution in [0.2, 0.25) is 0 Å². The minimum atomic E-state index is -0.234. The highest BCUT2D eigenvalue weighted by atomic mass is 16.5. The summed E-state index contributed by atoms with van der Waals surface area (Å²) in [4.78, 5) is 24.4. The Balaban J connectivity index is 1.56. The molecule has 0 saturated heterocycles. The Hall–Kier alpha value is -4.56. The Kier molecular flexibility index (Phi) is 19.0. The molecule has 0 aliphatic rings. The van der Waals surface area contributed by atoms with E-state index in [-0.39, 0.29) is 34.5 Å². The Labute approximate surface area is 293 Å². The molecule has 49 heavy (non-hydrogen) atoms. The number of ketones is 2. The molecular weight excluding hydrogens is 616 g/mol. The van der Waals surface area contributed by atoms with Crippen LogP contribution in [0.25, 0.3) is 12.2 Å². The van der Waals surface area contributed by atoms with Crippen molar-refractivity contribution in [3.63, 3.8) is 0 Å². The monoisotopic (exact) mass is 670 g/mol. The molecule has 0 aliphatic carbocycles. The summed E-state index contributed by atoms with van der Waals surface area (Å²) in [7, 11) is 3.17. The van der Waals surface area contributed by atoms with E-state index in [2.05, 4.69) is 0 Å². The highest BCUT2D eigenvalue weighted by molar-refractivity contribution is 6.04. The van der Waals surface area contributed by atoms with Crippen LogP contribution in [0.1, 0.15) is 109 Å². The van der Waals surface area contributed by atoms with E-state index < -0.39 is 0 Å². The normalized spacial score (nSPS) is 11.6. The first-order valence-corrected chi connectivity index (χ1v) is 17.6. The van der Waals surface area contributed by atoms with Gasteiger partial charge in [0.1, 0.15) is 12.1 Å². The lowest BCUT2D eigenvalue weighted by Gasteiger charge is -2.12. The summed E-state index contributed by atoms with van der Waals surface area (Å²) < 4.78 is 22.9. The fourth-order valence-corrected chi connectivity index (χ4v) is 5.22. The summed E-state index contributed by atoms with van der Waals surface area (Å²) in [5, 5.41) is 18.7. The zero-order valence-electron chi connectivity index (χ0n) is 30.3. The molecule has 0 atom stereocenters. The molecule has 8 nitrogen and oxygen atoms in total. The summed E-state index contributed by atoms with van der Waals surface area (Å²) in [5.41, 5.74) is 1.73. The van der Waals surface area contributed by atoms with E-state index in [4.69, 9.17) is 18.9 Å². The van der Waals surface area contributed by atoms with Gasteiger partial charge in [0.05, 0.1) is 38.6 Å². The predicted octanol–water partition coefficient (Wildman–Crippen LogP) is 9.72. The molecule has 2 aromatic rings. The van der Waals surface area contributed by atoms with Crippen LogP contribution >= 0.6 is 0 Å². The first-order chi connectivity index (χ1) is 23.6. The third-order valence-electron chi connectivity index (χ3n) is 8.12. The number of Topliss-reactive ketones (excluding diaryl/α,β-unsaturated/α-hetero) is 2. The highest BCUT2D eigenvalue weighted by Crippen LogP contribution is 2.31. The number of methoxy groups -OCH3 is 2. The number of ether oxygens (including phenoxy) is 4. The molecule has 0 spiro atoms. The van der Waals surface area contributed by atoms with E-state index in [0.29, 0.717) is 36.2 Å². The predicted molar refractivity (Wildman–Crippen MR) is 195 cm³/mol. The molecule has 2 rings (SSSR count). The minimum Gasteiger partial charge on any atom is -0.493 e. The maximum Gasteiger partial charge on any atom is 0.175 e. The Morgan fingerprint density at radius 3 is 1.18 bits per heavy atom. The SMILES string of the molecule is COc1cc(C=C(C#N)C(=O)C(C)C)ccc1OCCCCCCCCCCCCCOc1ccc(C=C(C#N)C(=O)C(C)C)cc1OC. The van der Waals surface area contributed by atoms with Crippen molar-refractivity contribution in [3.05, 3.63) is 58.7 Å². The van der Waals surface area contributed by atoms with Gasteiger partial charge in [0.25, 0.3) is 0 Å². The molecule has 0 aromatic heterocycles. The van der Waals surface area contributed by atoms with E-state index in [1.165, 1.54) is 44.9 Å². The van der Waals surface area contributed by atoms with Gasteiger partial charge in [-0.3, -0.25) is 9.59 Å². The van der Waals surface area contributed by atoms with E-state index in [1.54, 1.807) is 66.2 Å². The van der Waals surface area contributed by atoms with Crippen LogP contribution in [-0.2, 0) is 9.59 Å². The van der Waals surface area contributed by atoms with E-state index >= 15 is 0 Å². The quantitative estimate of drug-likeness (QED) is 0.0615. The van der Waals surface area contributed by atoms with Gasteiger partial charge in [0.15, 0.2) is 34.6 Å². The number of nitrogens with zero attached hydrogens (tertiary/aromatic N) is 2. The molecule has 0 saturated carbocycles. The zero-order chi connectivity index (χ0) is 36.0. The minimum absolute atomic E-state index is 0.137. The molecular formula is C41H54N2O6. The topological polar surface area (TPSA) is 119 Å². The number of benzene rings is 2. The molecule has 0 radical (unpaired) electrons. The molecule has 0 unspecified atom stereocenters. The van der Waals surface area contributed by atoms with Crippen molar-refractivity contribution >= 4 is 23.7 Å². The van der Waals surface area contributed by atoms with Crippen LogP contribution in [0, 0.1) is 34.5 Å². The second-order valence-electron chi connectivity index (χ2n) is 12.8. The largest absolute Gasteiger partial charge is 0.493 e. The molecule has 8 heteroatoms. The third-order valence-corrected chi connectivity index (χ3v) is 8.12.